The minimum Gasteiger partial charge on any atom is -0.317 e. The van der Waals surface area contributed by atoms with Gasteiger partial charge in [0.15, 0.2) is 0 Å². The van der Waals surface area contributed by atoms with Gasteiger partial charge in [-0.15, -0.1) is 0 Å². The van der Waals surface area contributed by atoms with Gasteiger partial charge in [-0.2, -0.15) is 0 Å². The Kier molecular flexibility index (Phi) is 25.7. The van der Waals surface area contributed by atoms with E-state index in [1.807, 2.05) is 34.7 Å². The van der Waals surface area contributed by atoms with Gasteiger partial charge in [-0.05, 0) is 32.7 Å². The maximum absolute atomic E-state index is 3.22. The van der Waals surface area contributed by atoms with Gasteiger partial charge in [0.05, 0.1) is 0 Å². The van der Waals surface area contributed by atoms with E-state index in [4.69, 9.17) is 0 Å². The van der Waals surface area contributed by atoms with Gasteiger partial charge in [-0.3, -0.25) is 0 Å². The topological polar surface area (TPSA) is 12.0 Å². The summed E-state index contributed by atoms with van der Waals surface area (Å²) in [6, 6.07) is 0.687. The molecule has 0 bridgehead atoms. The molecule has 0 radical (unpaired) electrons. The van der Waals surface area contributed by atoms with Crippen molar-refractivity contribution in [1.82, 2.24) is 5.32 Å². The van der Waals surface area contributed by atoms with E-state index in [9.17, 15) is 0 Å². The van der Waals surface area contributed by atoms with Gasteiger partial charge >= 0.3 is 0 Å². The molecule has 13 heavy (non-hydrogen) atoms. The maximum atomic E-state index is 3.22. The number of hydrogen-bond acceptors (Lipinski definition) is 1. The van der Waals surface area contributed by atoms with Crippen LogP contribution in [-0.2, 0) is 0 Å². The van der Waals surface area contributed by atoms with Gasteiger partial charge in [0.2, 0.25) is 0 Å². The molecule has 0 amide bonds. The van der Waals surface area contributed by atoms with Gasteiger partial charge in [-0.1, -0.05) is 41.5 Å². The van der Waals surface area contributed by atoms with Crippen molar-refractivity contribution in [2.45, 2.75) is 67.3 Å². The molecule has 0 aromatic carbocycles. The second-order valence-corrected chi connectivity index (χ2v) is 3.16. The molecule has 0 aliphatic rings. The highest BCUT2D eigenvalue weighted by atomic mass is 14.8. The van der Waals surface area contributed by atoms with Crippen LogP contribution >= 0.6 is 0 Å². The third-order valence-electron chi connectivity index (χ3n) is 1.67. The monoisotopic (exact) mass is 189 g/mol. The molecule has 1 nitrogen and oxygen atoms in total. The molecule has 0 aromatic rings. The van der Waals surface area contributed by atoms with Gasteiger partial charge < -0.3 is 5.32 Å². The summed E-state index contributed by atoms with van der Waals surface area (Å²) in [5, 5.41) is 3.22. The molecular weight excluding hydrogens is 158 g/mol. The quantitative estimate of drug-likeness (QED) is 0.702. The SMILES string of the molecule is CC.CC.CNC(C)CCC(C)C. The standard InChI is InChI=1S/C8H19N.2C2H6/c1-7(2)5-6-8(3)9-4;2*1-2/h7-9H,5-6H2,1-4H3;2*1-2H3. The van der Waals surface area contributed by atoms with Crippen LogP contribution in [0.1, 0.15) is 61.3 Å². The van der Waals surface area contributed by atoms with E-state index in [1.54, 1.807) is 0 Å². The average Bonchev–Trinajstić information content (AvgIpc) is 2.20. The highest BCUT2D eigenvalue weighted by Crippen LogP contribution is 2.05. The van der Waals surface area contributed by atoms with Crippen molar-refractivity contribution in [2.75, 3.05) is 7.05 Å². The first kappa shape index (κ1) is 18.7. The molecule has 0 aliphatic carbocycles. The molecular formula is C12H31N. The van der Waals surface area contributed by atoms with Gasteiger partial charge in [0, 0.05) is 6.04 Å². The van der Waals surface area contributed by atoms with Crippen molar-refractivity contribution in [3.05, 3.63) is 0 Å². The zero-order chi connectivity index (χ0) is 11.3. The lowest BCUT2D eigenvalue weighted by atomic mass is 10.0. The Morgan fingerprint density at radius 3 is 1.46 bits per heavy atom. The van der Waals surface area contributed by atoms with Crippen molar-refractivity contribution >= 4 is 0 Å². The molecule has 0 fully saturated rings. The zero-order valence-electron chi connectivity index (χ0n) is 11.1. The van der Waals surface area contributed by atoms with E-state index in [1.165, 1.54) is 12.8 Å². The first-order chi connectivity index (χ1) is 6.16. The third kappa shape index (κ3) is 24.5. The average molecular weight is 189 g/mol. The minimum atomic E-state index is 0.687. The van der Waals surface area contributed by atoms with Gasteiger partial charge in [0.25, 0.3) is 0 Å². The minimum absolute atomic E-state index is 0.687. The molecule has 1 atom stereocenters. The van der Waals surface area contributed by atoms with Crippen LogP contribution in [0.2, 0.25) is 0 Å². The molecule has 0 heterocycles. The molecule has 0 saturated carbocycles. The molecule has 0 rings (SSSR count). The first-order valence-corrected chi connectivity index (χ1v) is 5.84. The van der Waals surface area contributed by atoms with Crippen molar-refractivity contribution in [1.29, 1.82) is 0 Å². The Morgan fingerprint density at radius 2 is 1.23 bits per heavy atom. The second kappa shape index (κ2) is 17.9. The van der Waals surface area contributed by atoms with Crippen molar-refractivity contribution in [3.63, 3.8) is 0 Å². The summed E-state index contributed by atoms with van der Waals surface area (Å²) in [5.41, 5.74) is 0. The van der Waals surface area contributed by atoms with Crippen LogP contribution in [0.15, 0.2) is 0 Å². The van der Waals surface area contributed by atoms with Gasteiger partial charge in [0.1, 0.15) is 0 Å². The molecule has 1 unspecified atom stereocenters. The Morgan fingerprint density at radius 1 is 0.846 bits per heavy atom. The van der Waals surface area contributed by atoms with Crippen LogP contribution < -0.4 is 5.32 Å². The van der Waals surface area contributed by atoms with E-state index in [2.05, 4.69) is 26.1 Å². The predicted octanol–water partition coefficient (Wildman–Crippen LogP) is 4.08. The van der Waals surface area contributed by atoms with E-state index in [-0.39, 0.29) is 0 Å². The second-order valence-electron chi connectivity index (χ2n) is 3.16. The van der Waals surface area contributed by atoms with Crippen molar-refractivity contribution in [2.24, 2.45) is 5.92 Å². The zero-order valence-corrected chi connectivity index (χ0v) is 11.1. The summed E-state index contributed by atoms with van der Waals surface area (Å²) in [6.45, 7) is 14.8. The Labute approximate surface area is 86.3 Å². The van der Waals surface area contributed by atoms with Crippen LogP contribution in [0.3, 0.4) is 0 Å². The van der Waals surface area contributed by atoms with E-state index in [0.29, 0.717) is 6.04 Å². The van der Waals surface area contributed by atoms with E-state index < -0.39 is 0 Å². The molecule has 0 spiro atoms. The smallest absolute Gasteiger partial charge is 0.00358 e. The lowest BCUT2D eigenvalue weighted by Crippen LogP contribution is -2.21. The van der Waals surface area contributed by atoms with Crippen LogP contribution in [0.4, 0.5) is 0 Å². The number of hydrogen-bond donors (Lipinski definition) is 1. The van der Waals surface area contributed by atoms with Gasteiger partial charge in [-0.25, -0.2) is 0 Å². The molecule has 1 N–H and O–H groups in total. The van der Waals surface area contributed by atoms with Crippen molar-refractivity contribution < 1.29 is 0 Å². The lowest BCUT2D eigenvalue weighted by molar-refractivity contribution is 0.475. The van der Waals surface area contributed by atoms with Crippen LogP contribution in [0.25, 0.3) is 0 Å². The van der Waals surface area contributed by atoms with E-state index in [0.717, 1.165) is 5.92 Å². The molecule has 0 saturated heterocycles. The normalized spacial score (nSPS) is 10.8. The van der Waals surface area contributed by atoms with Crippen LogP contribution in [0, 0.1) is 5.92 Å². The largest absolute Gasteiger partial charge is 0.317 e. The molecule has 0 aliphatic heterocycles. The summed E-state index contributed by atoms with van der Waals surface area (Å²) in [5.74, 6) is 0.848. The Bertz CT molecular complexity index is 60.1. The molecule has 84 valence electrons. The van der Waals surface area contributed by atoms with Crippen LogP contribution in [-0.4, -0.2) is 13.1 Å². The molecule has 0 aromatic heterocycles. The first-order valence-electron chi connectivity index (χ1n) is 5.84. The summed E-state index contributed by atoms with van der Waals surface area (Å²) in [7, 11) is 2.02. The summed E-state index contributed by atoms with van der Waals surface area (Å²) < 4.78 is 0. The molecule has 1 heteroatoms. The van der Waals surface area contributed by atoms with Crippen LogP contribution in [0.5, 0.6) is 0 Å². The third-order valence-corrected chi connectivity index (χ3v) is 1.67. The van der Waals surface area contributed by atoms with Crippen molar-refractivity contribution in [3.8, 4) is 0 Å². The highest BCUT2D eigenvalue weighted by molar-refractivity contribution is 4.57. The fourth-order valence-corrected chi connectivity index (χ4v) is 0.728. The maximum Gasteiger partial charge on any atom is 0.00358 e. The predicted molar refractivity (Wildman–Crippen MR) is 65.3 cm³/mol. The lowest BCUT2D eigenvalue weighted by Gasteiger charge is -2.10. The fourth-order valence-electron chi connectivity index (χ4n) is 0.728. The number of rotatable bonds is 4. The summed E-state index contributed by atoms with van der Waals surface area (Å²) >= 11 is 0. The Balaban J connectivity index is -0.000000218. The fraction of sp³-hybridized carbons (Fsp3) is 1.00. The summed E-state index contributed by atoms with van der Waals surface area (Å²) in [6.07, 6.45) is 2.64. The Hall–Kier alpha value is -0.0400. The summed E-state index contributed by atoms with van der Waals surface area (Å²) in [4.78, 5) is 0. The highest BCUT2D eigenvalue weighted by Gasteiger charge is 1.98. The van der Waals surface area contributed by atoms with E-state index >= 15 is 0 Å². The number of nitrogens with one attached hydrogen (secondary N) is 1.